The highest BCUT2D eigenvalue weighted by Crippen LogP contribution is 2.22. The minimum absolute atomic E-state index is 0.0715. The maximum atomic E-state index is 12.1. The molecule has 1 amide bonds. The number of benzene rings is 1. The van der Waals surface area contributed by atoms with Crippen LogP contribution in [-0.2, 0) is 29.1 Å². The summed E-state index contributed by atoms with van der Waals surface area (Å²) in [5.41, 5.74) is 0.387. The monoisotopic (exact) mass is 383 g/mol. The van der Waals surface area contributed by atoms with Crippen LogP contribution in [0.5, 0.6) is 0 Å². The predicted octanol–water partition coefficient (Wildman–Crippen LogP) is -0.192. The lowest BCUT2D eigenvalue weighted by Crippen LogP contribution is -2.39. The number of esters is 1. The van der Waals surface area contributed by atoms with E-state index >= 15 is 0 Å². The van der Waals surface area contributed by atoms with Gasteiger partial charge in [-0.05, 0) is 26.0 Å². The number of fused-ring (bicyclic) bond motifs is 1. The summed E-state index contributed by atoms with van der Waals surface area (Å²) in [5, 5.41) is 2.56. The number of methoxy groups -OCH3 is 1. The van der Waals surface area contributed by atoms with Gasteiger partial charge in [-0.3, -0.25) is 14.5 Å². The number of hydrogen-bond acceptors (Lipinski definition) is 7. The molecule has 0 unspecified atom stereocenters. The van der Waals surface area contributed by atoms with E-state index in [2.05, 4.69) is 15.0 Å². The van der Waals surface area contributed by atoms with Gasteiger partial charge in [-0.2, -0.15) is 0 Å². The van der Waals surface area contributed by atoms with Gasteiger partial charge in [-0.1, -0.05) is 12.1 Å². The second kappa shape index (κ2) is 8.28. The molecule has 9 nitrogen and oxygen atoms in total. The molecule has 0 fully saturated rings. The number of nitrogens with zero attached hydrogens (tertiary/aromatic N) is 1. The van der Waals surface area contributed by atoms with Gasteiger partial charge < -0.3 is 14.8 Å². The average Bonchev–Trinajstić information content (AvgIpc) is 2.85. The Bertz CT molecular complexity index is 821. The van der Waals surface area contributed by atoms with Crippen LogP contribution in [0.25, 0.3) is 0 Å². The lowest BCUT2D eigenvalue weighted by atomic mass is 10.2. The Balaban J connectivity index is 2.03. The zero-order chi connectivity index (χ0) is 19.3. The van der Waals surface area contributed by atoms with Crippen LogP contribution in [0.4, 0.5) is 0 Å². The fourth-order valence-corrected chi connectivity index (χ4v) is 3.46. The molecule has 0 spiro atoms. The van der Waals surface area contributed by atoms with E-state index in [9.17, 15) is 18.0 Å². The number of hydrogen-bond donors (Lipinski definition) is 2. The summed E-state index contributed by atoms with van der Waals surface area (Å²) in [6.07, 6.45) is -1.01. The molecule has 1 aromatic carbocycles. The summed E-state index contributed by atoms with van der Waals surface area (Å²) in [4.78, 5) is 28.1. The normalized spacial score (nSPS) is 18.5. The Hall–Kier alpha value is -2.46. The number of amides is 1. The van der Waals surface area contributed by atoms with Crippen LogP contribution in [0.2, 0.25) is 0 Å². The van der Waals surface area contributed by atoms with Crippen LogP contribution >= 0.6 is 0 Å². The van der Waals surface area contributed by atoms with E-state index in [0.717, 1.165) is 0 Å². The zero-order valence-electron chi connectivity index (χ0n) is 14.7. The van der Waals surface area contributed by atoms with Crippen LogP contribution in [0.1, 0.15) is 19.4 Å². The third-order valence-electron chi connectivity index (χ3n) is 3.59. The van der Waals surface area contributed by atoms with Crippen molar-refractivity contribution in [3.63, 3.8) is 0 Å². The van der Waals surface area contributed by atoms with Crippen molar-refractivity contribution < 1.29 is 27.5 Å². The molecule has 2 atom stereocenters. The average molecular weight is 383 g/mol. The van der Waals surface area contributed by atoms with Crippen molar-refractivity contribution in [2.75, 3.05) is 20.3 Å². The maximum Gasteiger partial charge on any atom is 0.331 e. The van der Waals surface area contributed by atoms with E-state index in [0.29, 0.717) is 18.7 Å². The highest BCUT2D eigenvalue weighted by Gasteiger charge is 2.31. The fraction of sp³-hybridized carbons (Fsp3) is 0.438. The molecule has 2 rings (SSSR count). The smallest absolute Gasteiger partial charge is 0.331 e. The molecule has 142 valence electrons. The Labute approximate surface area is 151 Å². The number of amidine groups is 1. The number of aliphatic imine (C=N–C) groups is 1. The molecule has 0 aromatic heterocycles. The lowest BCUT2D eigenvalue weighted by Gasteiger charge is -2.15. The zero-order valence-corrected chi connectivity index (χ0v) is 15.5. The number of nitrogens with one attached hydrogen (secondary N) is 2. The summed E-state index contributed by atoms with van der Waals surface area (Å²) in [6, 6.07) is 5.33. The second-order valence-corrected chi connectivity index (χ2v) is 7.27. The molecule has 1 aromatic rings. The van der Waals surface area contributed by atoms with Crippen molar-refractivity contribution in [3.05, 3.63) is 29.8 Å². The summed E-state index contributed by atoms with van der Waals surface area (Å²) < 4.78 is 36.3. The van der Waals surface area contributed by atoms with Crippen molar-refractivity contribution in [2.45, 2.75) is 30.9 Å². The highest BCUT2D eigenvalue weighted by molar-refractivity contribution is 7.90. The van der Waals surface area contributed by atoms with Crippen molar-refractivity contribution in [1.82, 2.24) is 10.0 Å². The number of carbonyl (C=O) groups excluding carboxylic acids is 2. The van der Waals surface area contributed by atoms with Gasteiger partial charge in [-0.15, -0.1) is 0 Å². The predicted molar refractivity (Wildman–Crippen MR) is 93.2 cm³/mol. The summed E-state index contributed by atoms with van der Waals surface area (Å²) in [7, 11) is -2.18. The first-order valence-corrected chi connectivity index (χ1v) is 9.41. The van der Waals surface area contributed by atoms with Gasteiger partial charge in [0.1, 0.15) is 11.9 Å². The number of carbonyl (C=O) groups is 2. The summed E-state index contributed by atoms with van der Waals surface area (Å²) in [5.74, 6) is -1.13. The van der Waals surface area contributed by atoms with Gasteiger partial charge >= 0.3 is 5.97 Å². The van der Waals surface area contributed by atoms with Crippen LogP contribution in [0.15, 0.2) is 34.2 Å². The number of sulfonamides is 1. The van der Waals surface area contributed by atoms with E-state index in [4.69, 9.17) is 9.47 Å². The molecule has 1 aliphatic rings. The highest BCUT2D eigenvalue weighted by atomic mass is 32.2. The first kappa shape index (κ1) is 19.9. The molecule has 2 N–H and O–H groups in total. The first-order chi connectivity index (χ1) is 12.3. The minimum Gasteiger partial charge on any atom is -0.451 e. The molecular formula is C16H21N3O6S. The van der Waals surface area contributed by atoms with Gasteiger partial charge in [0, 0.05) is 19.2 Å². The molecule has 0 radical (unpaired) electrons. The molecule has 1 heterocycles. The van der Waals surface area contributed by atoms with Crippen LogP contribution < -0.4 is 10.0 Å². The van der Waals surface area contributed by atoms with Gasteiger partial charge in [0.25, 0.3) is 15.9 Å². The molecule has 0 saturated heterocycles. The topological polar surface area (TPSA) is 123 Å². The van der Waals surface area contributed by atoms with Gasteiger partial charge in [0.15, 0.2) is 6.10 Å². The van der Waals surface area contributed by atoms with Crippen molar-refractivity contribution in [1.29, 1.82) is 0 Å². The van der Waals surface area contributed by atoms with E-state index in [1.165, 1.54) is 27.0 Å². The molecule has 26 heavy (non-hydrogen) atoms. The Morgan fingerprint density at radius 1 is 1.27 bits per heavy atom. The molecule has 10 heteroatoms. The van der Waals surface area contributed by atoms with Gasteiger partial charge in [0.2, 0.25) is 0 Å². The minimum atomic E-state index is -3.68. The van der Waals surface area contributed by atoms with Crippen molar-refractivity contribution >= 4 is 27.7 Å². The van der Waals surface area contributed by atoms with E-state index in [1.54, 1.807) is 18.2 Å². The Morgan fingerprint density at radius 2 is 1.96 bits per heavy atom. The fourth-order valence-electron chi connectivity index (χ4n) is 2.22. The molecular weight excluding hydrogens is 362 g/mol. The standard InChI is InChI=1S/C16H21N3O6S/c1-10(16(21)25-11(2)15(20)17-8-9-24-3)18-14-12-6-4-5-7-13(12)26(22,23)19-14/h4-7,10-11H,8-9H2,1-3H3,(H,17,20)(H,18,19)/t10-,11-/m0/s1. The second-order valence-electron chi connectivity index (χ2n) is 5.62. The third-order valence-corrected chi connectivity index (χ3v) is 4.99. The summed E-state index contributed by atoms with van der Waals surface area (Å²) >= 11 is 0. The summed E-state index contributed by atoms with van der Waals surface area (Å²) in [6.45, 7) is 3.54. The Kier molecular flexibility index (Phi) is 6.32. The van der Waals surface area contributed by atoms with Crippen molar-refractivity contribution in [2.24, 2.45) is 4.99 Å². The van der Waals surface area contributed by atoms with Crippen LogP contribution in [-0.4, -0.2) is 58.5 Å². The van der Waals surface area contributed by atoms with Gasteiger partial charge in [-0.25, -0.2) is 13.2 Å². The number of ether oxygens (including phenoxy) is 2. The SMILES string of the molecule is COCCNC(=O)[C@H](C)OC(=O)[C@H](C)N=C1NS(=O)(=O)c2ccccc21. The molecule has 0 bridgehead atoms. The van der Waals surface area contributed by atoms with E-state index in [1.807, 2.05) is 0 Å². The van der Waals surface area contributed by atoms with Crippen molar-refractivity contribution in [3.8, 4) is 0 Å². The molecule has 0 saturated carbocycles. The first-order valence-electron chi connectivity index (χ1n) is 7.93. The molecule has 0 aliphatic carbocycles. The Morgan fingerprint density at radius 3 is 2.65 bits per heavy atom. The number of rotatable bonds is 7. The van der Waals surface area contributed by atoms with Crippen LogP contribution in [0.3, 0.4) is 0 Å². The quantitative estimate of drug-likeness (QED) is 0.497. The van der Waals surface area contributed by atoms with E-state index < -0.39 is 34.0 Å². The van der Waals surface area contributed by atoms with Gasteiger partial charge in [0.05, 0.1) is 11.5 Å². The van der Waals surface area contributed by atoms with E-state index in [-0.39, 0.29) is 10.7 Å². The van der Waals surface area contributed by atoms with Crippen LogP contribution in [0, 0.1) is 0 Å². The third kappa shape index (κ3) is 4.58. The largest absolute Gasteiger partial charge is 0.451 e. The maximum absolute atomic E-state index is 12.1. The lowest BCUT2D eigenvalue weighted by molar-refractivity contribution is -0.155. The molecule has 1 aliphatic heterocycles.